The van der Waals surface area contributed by atoms with Gasteiger partial charge in [-0.15, -0.1) is 0 Å². The summed E-state index contributed by atoms with van der Waals surface area (Å²) >= 11 is 0. The first-order valence-electron chi connectivity index (χ1n) is 13.4. The van der Waals surface area contributed by atoms with Crippen molar-refractivity contribution in [2.75, 3.05) is 0 Å². The molecule has 184 valence electrons. The molecule has 2 atom stereocenters. The fourth-order valence-electron chi connectivity index (χ4n) is 5.56. The highest BCUT2D eigenvalue weighted by Crippen LogP contribution is 2.58. The van der Waals surface area contributed by atoms with E-state index in [1.165, 1.54) is 77.0 Å². The first-order chi connectivity index (χ1) is 16.5. The SMILES string of the molecule is CCCCCCCCCCCCCCCc1ccc2c(c1)C1(O)C(=O)c3ccccc3C1(O)O2. The van der Waals surface area contributed by atoms with Crippen LogP contribution in [0.3, 0.4) is 0 Å². The summed E-state index contributed by atoms with van der Waals surface area (Å²) in [4.78, 5) is 13.1. The van der Waals surface area contributed by atoms with Gasteiger partial charge >= 0.3 is 0 Å². The molecular formula is C30H40O4. The van der Waals surface area contributed by atoms with Crippen LogP contribution in [-0.4, -0.2) is 16.0 Å². The number of hydrogen-bond acceptors (Lipinski definition) is 4. The van der Waals surface area contributed by atoms with E-state index in [2.05, 4.69) is 6.92 Å². The minimum absolute atomic E-state index is 0.319. The summed E-state index contributed by atoms with van der Waals surface area (Å²) in [5.41, 5.74) is 0.00456. The van der Waals surface area contributed by atoms with Gasteiger partial charge < -0.3 is 14.9 Å². The molecule has 4 nitrogen and oxygen atoms in total. The zero-order valence-corrected chi connectivity index (χ0v) is 20.7. The molecule has 2 unspecified atom stereocenters. The number of rotatable bonds is 14. The standard InChI is InChI=1S/C30H40O4/c1-2-3-4-5-6-7-8-9-10-11-12-13-14-17-23-20-21-27-26(22-23)29(32)28(31)24-18-15-16-19-25(24)30(29,33)34-27/h15-16,18-22,32-33H,2-14,17H2,1H3. The van der Waals surface area contributed by atoms with Gasteiger partial charge in [-0.2, -0.15) is 0 Å². The maximum absolute atomic E-state index is 13.1. The molecule has 0 bridgehead atoms. The van der Waals surface area contributed by atoms with Gasteiger partial charge in [0.2, 0.25) is 11.4 Å². The Kier molecular flexibility index (Phi) is 8.10. The Hall–Kier alpha value is -2.17. The van der Waals surface area contributed by atoms with Crippen molar-refractivity contribution in [1.82, 2.24) is 0 Å². The number of ketones is 1. The highest BCUT2D eigenvalue weighted by atomic mass is 16.7. The smallest absolute Gasteiger partial charge is 0.276 e. The Morgan fingerprint density at radius 3 is 1.97 bits per heavy atom. The molecular weight excluding hydrogens is 424 g/mol. The third kappa shape index (κ3) is 4.67. The molecule has 0 amide bonds. The number of Topliss-reactive ketones (excluding diaryl/α,β-unsaturated/α-hetero) is 1. The Labute approximate surface area is 204 Å². The van der Waals surface area contributed by atoms with Gasteiger partial charge in [-0.25, -0.2) is 0 Å². The number of fused-ring (bicyclic) bond motifs is 5. The first kappa shape index (κ1) is 24.9. The number of aliphatic hydroxyl groups is 2. The van der Waals surface area contributed by atoms with E-state index < -0.39 is 17.2 Å². The van der Waals surface area contributed by atoms with Gasteiger partial charge in [-0.3, -0.25) is 4.79 Å². The lowest BCUT2D eigenvalue weighted by atomic mass is 9.86. The fourth-order valence-corrected chi connectivity index (χ4v) is 5.56. The zero-order valence-electron chi connectivity index (χ0n) is 20.7. The van der Waals surface area contributed by atoms with Crippen LogP contribution in [-0.2, 0) is 17.8 Å². The Morgan fingerprint density at radius 2 is 1.32 bits per heavy atom. The van der Waals surface area contributed by atoms with Crippen molar-refractivity contribution >= 4 is 5.78 Å². The van der Waals surface area contributed by atoms with Crippen LogP contribution in [0.2, 0.25) is 0 Å². The predicted octanol–water partition coefficient (Wildman–Crippen LogP) is 6.94. The molecule has 34 heavy (non-hydrogen) atoms. The molecule has 0 aromatic heterocycles. The van der Waals surface area contributed by atoms with E-state index in [4.69, 9.17) is 4.74 Å². The predicted molar refractivity (Wildman–Crippen MR) is 135 cm³/mol. The topological polar surface area (TPSA) is 66.8 Å². The molecule has 4 heteroatoms. The normalized spacial score (nSPS) is 22.4. The zero-order chi connectivity index (χ0) is 24.0. The number of ether oxygens (including phenoxy) is 1. The molecule has 1 aliphatic heterocycles. The summed E-state index contributed by atoms with van der Waals surface area (Å²) in [6, 6.07) is 12.3. The van der Waals surface area contributed by atoms with Gasteiger partial charge in [0.25, 0.3) is 5.79 Å². The van der Waals surface area contributed by atoms with Crippen LogP contribution in [0, 0.1) is 0 Å². The van der Waals surface area contributed by atoms with Crippen LogP contribution >= 0.6 is 0 Å². The molecule has 0 fully saturated rings. The summed E-state index contributed by atoms with van der Waals surface area (Å²) < 4.78 is 5.78. The van der Waals surface area contributed by atoms with Crippen LogP contribution in [0.1, 0.15) is 117 Å². The van der Waals surface area contributed by atoms with Crippen LogP contribution in [0.25, 0.3) is 0 Å². The number of unbranched alkanes of at least 4 members (excludes halogenated alkanes) is 12. The molecule has 1 aliphatic carbocycles. The van der Waals surface area contributed by atoms with E-state index in [1.807, 2.05) is 12.1 Å². The summed E-state index contributed by atoms with van der Waals surface area (Å²) in [5.74, 6) is -2.18. The van der Waals surface area contributed by atoms with Gasteiger partial charge in [-0.05, 0) is 30.5 Å². The van der Waals surface area contributed by atoms with Crippen molar-refractivity contribution < 1.29 is 19.7 Å². The number of carbonyl (C=O) groups excluding carboxylic acids is 1. The maximum Gasteiger partial charge on any atom is 0.276 e. The molecule has 2 aromatic rings. The average Bonchev–Trinajstić information content (AvgIpc) is 3.18. The third-order valence-corrected chi connectivity index (χ3v) is 7.62. The molecule has 0 spiro atoms. The van der Waals surface area contributed by atoms with Gasteiger partial charge in [0, 0.05) is 16.7 Å². The number of aryl methyl sites for hydroxylation is 1. The van der Waals surface area contributed by atoms with Crippen molar-refractivity contribution in [3.8, 4) is 5.75 Å². The van der Waals surface area contributed by atoms with Crippen molar-refractivity contribution in [3.63, 3.8) is 0 Å². The maximum atomic E-state index is 13.1. The average molecular weight is 465 g/mol. The summed E-state index contributed by atoms with van der Waals surface area (Å²) in [6.45, 7) is 2.27. The summed E-state index contributed by atoms with van der Waals surface area (Å²) in [6.07, 6.45) is 18.1. The monoisotopic (exact) mass is 464 g/mol. The number of carbonyl (C=O) groups is 1. The lowest BCUT2D eigenvalue weighted by Gasteiger charge is -2.28. The highest BCUT2D eigenvalue weighted by molar-refractivity contribution is 6.09. The lowest BCUT2D eigenvalue weighted by molar-refractivity contribution is -0.224. The Morgan fingerprint density at radius 1 is 0.735 bits per heavy atom. The van der Waals surface area contributed by atoms with Crippen LogP contribution in [0.4, 0.5) is 0 Å². The van der Waals surface area contributed by atoms with Gasteiger partial charge in [0.15, 0.2) is 0 Å². The molecule has 2 aromatic carbocycles. The Bertz CT molecular complexity index is 984. The second-order valence-corrected chi connectivity index (χ2v) is 10.2. The minimum atomic E-state index is -2.09. The summed E-state index contributed by atoms with van der Waals surface area (Å²) in [5, 5.41) is 22.6. The summed E-state index contributed by atoms with van der Waals surface area (Å²) in [7, 11) is 0. The van der Waals surface area contributed by atoms with E-state index in [-0.39, 0.29) is 0 Å². The van der Waals surface area contributed by atoms with Crippen LogP contribution in [0.15, 0.2) is 42.5 Å². The van der Waals surface area contributed by atoms with E-state index in [0.29, 0.717) is 22.4 Å². The van der Waals surface area contributed by atoms with Crippen molar-refractivity contribution in [2.24, 2.45) is 0 Å². The van der Waals surface area contributed by atoms with Crippen molar-refractivity contribution in [1.29, 1.82) is 0 Å². The highest BCUT2D eigenvalue weighted by Gasteiger charge is 2.70. The van der Waals surface area contributed by atoms with Gasteiger partial charge in [0.1, 0.15) is 5.75 Å². The molecule has 0 radical (unpaired) electrons. The molecule has 0 saturated carbocycles. The largest absolute Gasteiger partial charge is 0.454 e. The lowest BCUT2D eigenvalue weighted by Crippen LogP contribution is -2.48. The quantitative estimate of drug-likeness (QED) is 0.297. The molecule has 4 rings (SSSR count). The number of hydrogen-bond donors (Lipinski definition) is 2. The van der Waals surface area contributed by atoms with Crippen LogP contribution in [0.5, 0.6) is 5.75 Å². The van der Waals surface area contributed by atoms with E-state index >= 15 is 0 Å². The minimum Gasteiger partial charge on any atom is -0.454 e. The molecule has 1 heterocycles. The molecule has 0 saturated heterocycles. The van der Waals surface area contributed by atoms with E-state index in [0.717, 1.165) is 18.4 Å². The van der Waals surface area contributed by atoms with Gasteiger partial charge in [0.05, 0.1) is 0 Å². The number of benzene rings is 2. The van der Waals surface area contributed by atoms with E-state index in [9.17, 15) is 15.0 Å². The van der Waals surface area contributed by atoms with E-state index in [1.54, 1.807) is 30.3 Å². The second-order valence-electron chi connectivity index (χ2n) is 10.2. The Balaban J connectivity index is 1.21. The molecule has 2 N–H and O–H groups in total. The molecule has 2 aliphatic rings. The third-order valence-electron chi connectivity index (χ3n) is 7.62. The van der Waals surface area contributed by atoms with Crippen LogP contribution < -0.4 is 4.74 Å². The fraction of sp³-hybridized carbons (Fsp3) is 0.567. The first-order valence-corrected chi connectivity index (χ1v) is 13.4. The second kappa shape index (κ2) is 11.0. The van der Waals surface area contributed by atoms with Crippen molar-refractivity contribution in [2.45, 2.75) is 108 Å². The van der Waals surface area contributed by atoms with Gasteiger partial charge in [-0.1, -0.05) is 114 Å². The van der Waals surface area contributed by atoms with Crippen molar-refractivity contribution in [3.05, 3.63) is 64.7 Å².